The first-order chi connectivity index (χ1) is 10.1. The monoisotopic (exact) mass is 292 g/mol. The largest absolute Gasteiger partial charge is 0.489 e. The molecule has 0 aliphatic rings. The van der Waals surface area contributed by atoms with Gasteiger partial charge in [-0.25, -0.2) is 0 Å². The van der Waals surface area contributed by atoms with Crippen molar-refractivity contribution in [1.29, 1.82) is 0 Å². The fourth-order valence-electron chi connectivity index (χ4n) is 2.00. The minimum absolute atomic E-state index is 0.0763. The number of aromatic amines is 1. The van der Waals surface area contributed by atoms with Crippen molar-refractivity contribution < 1.29 is 14.4 Å². The summed E-state index contributed by atoms with van der Waals surface area (Å²) in [6, 6.07) is 4.23. The van der Waals surface area contributed by atoms with E-state index in [9.17, 15) is 14.9 Å². The first kappa shape index (κ1) is 14.8. The van der Waals surface area contributed by atoms with Crippen LogP contribution >= 0.6 is 0 Å². The molecular weight excluding hydrogens is 276 g/mol. The van der Waals surface area contributed by atoms with E-state index in [0.29, 0.717) is 23.3 Å². The molecule has 2 rings (SSSR count). The number of hydrogen-bond acceptors (Lipinski definition) is 5. The number of pyridine rings is 1. The van der Waals surface area contributed by atoms with Gasteiger partial charge in [-0.05, 0) is 12.5 Å². The predicted octanol–water partition coefficient (Wildman–Crippen LogP) is 2.62. The zero-order chi connectivity index (χ0) is 15.4. The maximum absolute atomic E-state index is 12.0. The molecule has 1 aromatic carbocycles. The van der Waals surface area contributed by atoms with E-state index in [-0.39, 0.29) is 11.4 Å². The van der Waals surface area contributed by atoms with Crippen LogP contribution in [0.15, 0.2) is 23.0 Å². The zero-order valence-corrected chi connectivity index (χ0v) is 11.8. The number of benzene rings is 1. The molecule has 7 heteroatoms. The summed E-state index contributed by atoms with van der Waals surface area (Å²) in [6.07, 6.45) is 1.79. The number of H-pyrrole nitrogens is 1. The lowest BCUT2D eigenvalue weighted by atomic mass is 10.1. The lowest BCUT2D eigenvalue weighted by Gasteiger charge is -2.12. The smallest absolute Gasteiger partial charge is 0.294 e. The Morgan fingerprint density at radius 1 is 1.33 bits per heavy atom. The molecule has 0 saturated carbocycles. The number of hydrogen-bond donors (Lipinski definition) is 1. The van der Waals surface area contributed by atoms with Crippen LogP contribution in [0.3, 0.4) is 0 Å². The molecule has 112 valence electrons. The quantitative estimate of drug-likeness (QED) is 0.501. The number of non-ortho nitro benzene ring substituents is 1. The van der Waals surface area contributed by atoms with Crippen molar-refractivity contribution in [3.05, 3.63) is 38.7 Å². The van der Waals surface area contributed by atoms with Crippen molar-refractivity contribution >= 4 is 16.6 Å². The average molecular weight is 292 g/mol. The normalized spacial score (nSPS) is 10.6. The summed E-state index contributed by atoms with van der Waals surface area (Å²) >= 11 is 0. The summed E-state index contributed by atoms with van der Waals surface area (Å²) in [7, 11) is 1.38. The Hall–Kier alpha value is -2.57. The van der Waals surface area contributed by atoms with E-state index in [1.807, 2.05) is 6.92 Å². The molecule has 0 aliphatic carbocycles. The molecule has 0 amide bonds. The molecule has 1 aromatic heterocycles. The molecule has 0 unspecified atom stereocenters. The number of nitro groups is 1. The molecule has 0 aliphatic heterocycles. The number of nitrogens with one attached hydrogen (secondary N) is 1. The van der Waals surface area contributed by atoms with Gasteiger partial charge in [0.05, 0.1) is 24.2 Å². The number of rotatable bonds is 6. The van der Waals surface area contributed by atoms with Crippen molar-refractivity contribution in [3.8, 4) is 11.5 Å². The molecule has 2 aromatic rings. The van der Waals surface area contributed by atoms with Gasteiger partial charge < -0.3 is 14.5 Å². The van der Waals surface area contributed by atoms with E-state index in [1.165, 1.54) is 19.2 Å². The predicted molar refractivity (Wildman–Crippen MR) is 78.2 cm³/mol. The van der Waals surface area contributed by atoms with Gasteiger partial charge in [-0.3, -0.25) is 14.9 Å². The molecular formula is C14H16N2O5. The van der Waals surface area contributed by atoms with E-state index >= 15 is 0 Å². The highest BCUT2D eigenvalue weighted by molar-refractivity contribution is 5.88. The van der Waals surface area contributed by atoms with Crippen LogP contribution < -0.4 is 15.0 Å². The third-order valence-corrected chi connectivity index (χ3v) is 3.07. The zero-order valence-electron chi connectivity index (χ0n) is 11.8. The molecule has 0 spiro atoms. The maximum Gasteiger partial charge on any atom is 0.294 e. The number of ether oxygens (including phenoxy) is 2. The summed E-state index contributed by atoms with van der Waals surface area (Å²) in [5.74, 6) is 0.395. The Labute approximate surface area is 120 Å². The van der Waals surface area contributed by atoms with Crippen molar-refractivity contribution in [1.82, 2.24) is 4.98 Å². The second kappa shape index (κ2) is 6.25. The number of nitrogens with zero attached hydrogens (tertiary/aromatic N) is 1. The van der Waals surface area contributed by atoms with Crippen LogP contribution in [-0.2, 0) is 0 Å². The van der Waals surface area contributed by atoms with E-state index in [2.05, 4.69) is 4.98 Å². The van der Waals surface area contributed by atoms with Crippen LogP contribution in [0.2, 0.25) is 0 Å². The summed E-state index contributed by atoms with van der Waals surface area (Å²) in [4.78, 5) is 24.8. The summed E-state index contributed by atoms with van der Waals surface area (Å²) in [6.45, 7) is 2.47. The molecule has 0 radical (unpaired) electrons. The summed E-state index contributed by atoms with van der Waals surface area (Å²) in [5.41, 5.74) is -0.221. The van der Waals surface area contributed by atoms with Crippen LogP contribution in [-0.4, -0.2) is 23.6 Å². The highest BCUT2D eigenvalue weighted by Crippen LogP contribution is 2.33. The molecule has 21 heavy (non-hydrogen) atoms. The van der Waals surface area contributed by atoms with E-state index in [4.69, 9.17) is 9.47 Å². The van der Waals surface area contributed by atoms with Gasteiger partial charge in [0.25, 0.3) is 11.2 Å². The van der Waals surface area contributed by atoms with Crippen molar-refractivity contribution in [2.24, 2.45) is 0 Å². The van der Waals surface area contributed by atoms with Crippen molar-refractivity contribution in [2.45, 2.75) is 19.8 Å². The molecule has 1 heterocycles. The minimum Gasteiger partial charge on any atom is -0.489 e. The second-order valence-corrected chi connectivity index (χ2v) is 4.51. The average Bonchev–Trinajstić information content (AvgIpc) is 2.46. The fourth-order valence-corrected chi connectivity index (χ4v) is 2.00. The van der Waals surface area contributed by atoms with E-state index in [1.54, 1.807) is 6.07 Å². The van der Waals surface area contributed by atoms with Crippen LogP contribution in [0.5, 0.6) is 11.5 Å². The number of aromatic nitrogens is 1. The van der Waals surface area contributed by atoms with Crippen LogP contribution in [0.1, 0.15) is 19.8 Å². The number of nitro benzene ring substituents is 1. The van der Waals surface area contributed by atoms with Crippen LogP contribution in [0.4, 0.5) is 5.69 Å². The van der Waals surface area contributed by atoms with Gasteiger partial charge in [0, 0.05) is 17.5 Å². The Morgan fingerprint density at radius 2 is 2.10 bits per heavy atom. The Bertz CT molecular complexity index is 723. The standard InChI is InChI=1S/C14H16N2O5/c1-3-4-7-21-12-10-6-5-9(16(18)19)8-11(10)15-14(17)13(12)20-2/h5-6,8H,3-4,7H2,1-2H3,(H,15,17). The van der Waals surface area contributed by atoms with E-state index < -0.39 is 10.5 Å². The van der Waals surface area contributed by atoms with Gasteiger partial charge in [0.2, 0.25) is 5.75 Å². The van der Waals surface area contributed by atoms with Gasteiger partial charge in [0.1, 0.15) is 0 Å². The van der Waals surface area contributed by atoms with Gasteiger partial charge in [-0.2, -0.15) is 0 Å². The highest BCUT2D eigenvalue weighted by Gasteiger charge is 2.17. The van der Waals surface area contributed by atoms with Crippen molar-refractivity contribution in [2.75, 3.05) is 13.7 Å². The number of unbranched alkanes of at least 4 members (excludes halogenated alkanes) is 1. The first-order valence-electron chi connectivity index (χ1n) is 6.59. The molecule has 0 saturated heterocycles. The Kier molecular flexibility index (Phi) is 4.42. The maximum atomic E-state index is 12.0. The third-order valence-electron chi connectivity index (χ3n) is 3.07. The Morgan fingerprint density at radius 3 is 2.71 bits per heavy atom. The fraction of sp³-hybridized carbons (Fsp3) is 0.357. The van der Waals surface area contributed by atoms with Gasteiger partial charge in [0.15, 0.2) is 5.75 Å². The van der Waals surface area contributed by atoms with Gasteiger partial charge in [-0.1, -0.05) is 13.3 Å². The van der Waals surface area contributed by atoms with Gasteiger partial charge >= 0.3 is 0 Å². The molecule has 0 atom stereocenters. The lowest BCUT2D eigenvalue weighted by Crippen LogP contribution is -2.12. The summed E-state index contributed by atoms with van der Waals surface area (Å²) in [5, 5.41) is 11.4. The first-order valence-corrected chi connectivity index (χ1v) is 6.59. The van der Waals surface area contributed by atoms with Crippen LogP contribution in [0, 0.1) is 10.1 Å². The third kappa shape index (κ3) is 2.96. The minimum atomic E-state index is -0.514. The molecule has 7 nitrogen and oxygen atoms in total. The molecule has 1 N–H and O–H groups in total. The molecule has 0 fully saturated rings. The van der Waals surface area contributed by atoms with Crippen LogP contribution in [0.25, 0.3) is 10.9 Å². The van der Waals surface area contributed by atoms with Crippen molar-refractivity contribution in [3.63, 3.8) is 0 Å². The highest BCUT2D eigenvalue weighted by atomic mass is 16.6. The lowest BCUT2D eigenvalue weighted by molar-refractivity contribution is -0.384. The topological polar surface area (TPSA) is 94.5 Å². The van der Waals surface area contributed by atoms with E-state index in [0.717, 1.165) is 12.8 Å². The second-order valence-electron chi connectivity index (χ2n) is 4.51. The number of fused-ring (bicyclic) bond motifs is 1. The summed E-state index contributed by atoms with van der Waals surface area (Å²) < 4.78 is 10.7. The number of methoxy groups -OCH3 is 1. The Balaban J connectivity index is 2.60. The SMILES string of the molecule is CCCCOc1c(OC)c(=O)[nH]c2cc([N+](=O)[O-])ccc12. The van der Waals surface area contributed by atoms with Gasteiger partial charge in [-0.15, -0.1) is 0 Å². The molecule has 0 bridgehead atoms.